The van der Waals surface area contributed by atoms with Gasteiger partial charge in [-0.05, 0) is 77.0 Å². The Balaban J connectivity index is 4.26. The molecule has 0 heterocycles. The summed E-state index contributed by atoms with van der Waals surface area (Å²) in [5, 5.41) is 0. The Morgan fingerprint density at radius 1 is 0.290 bits per heavy atom. The van der Waals surface area contributed by atoms with E-state index < -0.39 is 6.10 Å². The summed E-state index contributed by atoms with van der Waals surface area (Å²) in [6, 6.07) is 0. The molecule has 0 amide bonds. The minimum absolute atomic E-state index is 0.0719. The van der Waals surface area contributed by atoms with Crippen LogP contribution in [0.4, 0.5) is 0 Å². The van der Waals surface area contributed by atoms with Crippen LogP contribution < -0.4 is 0 Å². The van der Waals surface area contributed by atoms with Gasteiger partial charge in [0, 0.05) is 19.3 Å². The van der Waals surface area contributed by atoms with Crippen molar-refractivity contribution >= 4 is 17.9 Å². The van der Waals surface area contributed by atoms with Crippen LogP contribution in [0.1, 0.15) is 329 Å². The fourth-order valence-electron chi connectivity index (χ4n) is 9.00. The second kappa shape index (κ2) is 58.2. The van der Waals surface area contributed by atoms with Crippen LogP contribution in [0.15, 0.2) is 36.5 Å². The van der Waals surface area contributed by atoms with Crippen LogP contribution in [-0.2, 0) is 28.6 Å². The quantitative estimate of drug-likeness (QED) is 0.0261. The van der Waals surface area contributed by atoms with Crippen molar-refractivity contribution in [1.29, 1.82) is 0 Å². The predicted molar refractivity (Wildman–Crippen MR) is 298 cm³/mol. The third-order valence-electron chi connectivity index (χ3n) is 13.6. The Bertz CT molecular complexity index is 1160. The molecule has 0 N–H and O–H groups in total. The SMILES string of the molecule is CCCCC/C=C\CCCCCCCC(=O)OCC(COC(=O)CCCCCCCCCCCCC/C=C\C/C=C\CCCCCCC)OC(=O)CCCCCCCCCCCCCCCCCC. The van der Waals surface area contributed by atoms with Crippen molar-refractivity contribution in [3.63, 3.8) is 0 Å². The first-order valence-corrected chi connectivity index (χ1v) is 30.5. The summed E-state index contributed by atoms with van der Waals surface area (Å²) >= 11 is 0. The zero-order chi connectivity index (χ0) is 50.0. The molecule has 0 saturated carbocycles. The highest BCUT2D eigenvalue weighted by Gasteiger charge is 2.19. The summed E-state index contributed by atoms with van der Waals surface area (Å²) in [5.41, 5.74) is 0. The summed E-state index contributed by atoms with van der Waals surface area (Å²) in [6.45, 7) is 6.64. The summed E-state index contributed by atoms with van der Waals surface area (Å²) in [6.07, 6.45) is 70.0. The maximum Gasteiger partial charge on any atom is 0.306 e. The number of carbonyl (C=O) groups is 3. The Morgan fingerprint density at radius 2 is 0.522 bits per heavy atom. The number of allylic oxidation sites excluding steroid dienone is 6. The molecule has 0 aliphatic rings. The van der Waals surface area contributed by atoms with Gasteiger partial charge in [-0.3, -0.25) is 14.4 Å². The molecule has 404 valence electrons. The summed E-state index contributed by atoms with van der Waals surface area (Å²) in [4.78, 5) is 38.2. The summed E-state index contributed by atoms with van der Waals surface area (Å²) in [7, 11) is 0. The Labute approximate surface area is 429 Å². The van der Waals surface area contributed by atoms with Gasteiger partial charge in [-0.25, -0.2) is 0 Å². The molecule has 0 rings (SSSR count). The minimum Gasteiger partial charge on any atom is -0.462 e. The molecule has 6 nitrogen and oxygen atoms in total. The van der Waals surface area contributed by atoms with Gasteiger partial charge in [-0.1, -0.05) is 269 Å². The first kappa shape index (κ1) is 66.6. The smallest absolute Gasteiger partial charge is 0.306 e. The van der Waals surface area contributed by atoms with E-state index in [1.807, 2.05) is 0 Å². The van der Waals surface area contributed by atoms with Gasteiger partial charge in [-0.2, -0.15) is 0 Å². The topological polar surface area (TPSA) is 78.9 Å². The molecule has 0 aliphatic carbocycles. The Hall–Kier alpha value is -2.37. The van der Waals surface area contributed by atoms with Crippen molar-refractivity contribution in [3.05, 3.63) is 36.5 Å². The van der Waals surface area contributed by atoms with E-state index in [0.717, 1.165) is 70.6 Å². The van der Waals surface area contributed by atoms with E-state index >= 15 is 0 Å². The Morgan fingerprint density at radius 3 is 0.841 bits per heavy atom. The van der Waals surface area contributed by atoms with E-state index in [4.69, 9.17) is 14.2 Å². The van der Waals surface area contributed by atoms with Crippen molar-refractivity contribution in [2.75, 3.05) is 13.2 Å². The van der Waals surface area contributed by atoms with E-state index in [9.17, 15) is 14.4 Å². The zero-order valence-electron chi connectivity index (χ0n) is 46.3. The lowest BCUT2D eigenvalue weighted by Crippen LogP contribution is -2.30. The van der Waals surface area contributed by atoms with Gasteiger partial charge in [0.2, 0.25) is 0 Å². The van der Waals surface area contributed by atoms with Crippen LogP contribution >= 0.6 is 0 Å². The van der Waals surface area contributed by atoms with E-state index in [0.29, 0.717) is 19.3 Å². The molecule has 0 aromatic heterocycles. The maximum atomic E-state index is 12.9. The van der Waals surface area contributed by atoms with Crippen LogP contribution in [0.3, 0.4) is 0 Å². The maximum absolute atomic E-state index is 12.9. The predicted octanol–water partition coefficient (Wildman–Crippen LogP) is 20.4. The standard InChI is InChI=1S/C63H116O6/c1-4-7-10-13-16-19-22-25-27-29-30-31-32-33-34-35-37-38-41-44-47-50-53-56-62(65)68-59-60(58-67-61(64)55-52-49-46-43-40-24-21-18-15-12-9-6-3)69-63(66)57-54-51-48-45-42-39-36-28-26-23-20-17-14-11-8-5-2/h18,21-22,25,29-30,60H,4-17,19-20,23-24,26-28,31-59H2,1-3H3/b21-18-,25-22-,30-29-. The van der Waals surface area contributed by atoms with Crippen molar-refractivity contribution < 1.29 is 28.6 Å². The molecule has 6 heteroatoms. The average molecular weight is 970 g/mol. The van der Waals surface area contributed by atoms with Crippen molar-refractivity contribution in [3.8, 4) is 0 Å². The van der Waals surface area contributed by atoms with Gasteiger partial charge in [0.15, 0.2) is 6.10 Å². The van der Waals surface area contributed by atoms with E-state index in [1.165, 1.54) is 218 Å². The lowest BCUT2D eigenvalue weighted by Gasteiger charge is -2.18. The summed E-state index contributed by atoms with van der Waals surface area (Å²) in [5.74, 6) is -0.863. The first-order chi connectivity index (χ1) is 34.0. The molecule has 0 radical (unpaired) electrons. The van der Waals surface area contributed by atoms with Crippen LogP contribution in [-0.4, -0.2) is 37.2 Å². The highest BCUT2D eigenvalue weighted by molar-refractivity contribution is 5.71. The lowest BCUT2D eigenvalue weighted by atomic mass is 10.0. The highest BCUT2D eigenvalue weighted by Crippen LogP contribution is 2.17. The van der Waals surface area contributed by atoms with Gasteiger partial charge < -0.3 is 14.2 Å². The van der Waals surface area contributed by atoms with Crippen molar-refractivity contribution in [2.45, 2.75) is 335 Å². The second-order valence-corrected chi connectivity index (χ2v) is 20.6. The molecule has 0 aliphatic heterocycles. The van der Waals surface area contributed by atoms with E-state index in [1.54, 1.807) is 0 Å². The molecular formula is C63H116O6. The third kappa shape index (κ3) is 56.4. The number of ether oxygens (including phenoxy) is 3. The fraction of sp³-hybridized carbons (Fsp3) is 0.857. The molecule has 0 aromatic carbocycles. The fourth-order valence-corrected chi connectivity index (χ4v) is 9.00. The molecular weight excluding hydrogens is 853 g/mol. The second-order valence-electron chi connectivity index (χ2n) is 20.6. The molecule has 0 fully saturated rings. The lowest BCUT2D eigenvalue weighted by molar-refractivity contribution is -0.167. The molecule has 1 unspecified atom stereocenters. The number of carbonyl (C=O) groups excluding carboxylic acids is 3. The molecule has 1 atom stereocenters. The zero-order valence-corrected chi connectivity index (χ0v) is 46.3. The monoisotopic (exact) mass is 969 g/mol. The van der Waals surface area contributed by atoms with Crippen molar-refractivity contribution in [2.24, 2.45) is 0 Å². The van der Waals surface area contributed by atoms with Gasteiger partial charge in [-0.15, -0.1) is 0 Å². The molecule has 0 aromatic rings. The van der Waals surface area contributed by atoms with Crippen LogP contribution in [0.25, 0.3) is 0 Å². The van der Waals surface area contributed by atoms with Crippen LogP contribution in [0, 0.1) is 0 Å². The summed E-state index contributed by atoms with van der Waals surface area (Å²) < 4.78 is 16.9. The minimum atomic E-state index is -0.773. The highest BCUT2D eigenvalue weighted by atomic mass is 16.6. The van der Waals surface area contributed by atoms with Gasteiger partial charge in [0.25, 0.3) is 0 Å². The van der Waals surface area contributed by atoms with Crippen LogP contribution in [0.2, 0.25) is 0 Å². The number of esters is 3. The third-order valence-corrected chi connectivity index (χ3v) is 13.6. The molecule has 0 bridgehead atoms. The molecule has 0 saturated heterocycles. The average Bonchev–Trinajstić information content (AvgIpc) is 3.35. The van der Waals surface area contributed by atoms with Gasteiger partial charge >= 0.3 is 17.9 Å². The van der Waals surface area contributed by atoms with Crippen LogP contribution in [0.5, 0.6) is 0 Å². The van der Waals surface area contributed by atoms with Gasteiger partial charge in [0.1, 0.15) is 13.2 Å². The number of hydrogen-bond acceptors (Lipinski definition) is 6. The number of rotatable bonds is 56. The van der Waals surface area contributed by atoms with E-state index in [-0.39, 0.29) is 31.1 Å². The first-order valence-electron chi connectivity index (χ1n) is 30.5. The Kier molecular flexibility index (Phi) is 56.2. The largest absolute Gasteiger partial charge is 0.462 e. The van der Waals surface area contributed by atoms with E-state index in [2.05, 4.69) is 57.2 Å². The molecule has 69 heavy (non-hydrogen) atoms. The van der Waals surface area contributed by atoms with Gasteiger partial charge in [0.05, 0.1) is 0 Å². The van der Waals surface area contributed by atoms with Crippen molar-refractivity contribution in [1.82, 2.24) is 0 Å². The normalized spacial score (nSPS) is 12.2. The molecule has 0 spiro atoms. The number of unbranched alkanes of at least 4 members (excludes halogenated alkanes) is 39. The number of hydrogen-bond donors (Lipinski definition) is 0.